The molecular weight excluding hydrogens is 438 g/mol. The van der Waals surface area contributed by atoms with Crippen molar-refractivity contribution in [3.05, 3.63) is 60.6 Å². The molecule has 4 aromatic rings. The van der Waals surface area contributed by atoms with Crippen molar-refractivity contribution in [1.29, 1.82) is 0 Å². The molecular formula is C27H35N7O. The molecule has 35 heavy (non-hydrogen) atoms. The van der Waals surface area contributed by atoms with Crippen LogP contribution in [0, 0.1) is 0 Å². The van der Waals surface area contributed by atoms with E-state index in [2.05, 4.69) is 70.2 Å². The van der Waals surface area contributed by atoms with Crippen LogP contribution in [0.15, 0.2) is 55.0 Å². The van der Waals surface area contributed by atoms with Gasteiger partial charge < -0.3 is 19.9 Å². The number of anilines is 2. The molecule has 0 radical (unpaired) electrons. The van der Waals surface area contributed by atoms with E-state index in [4.69, 9.17) is 14.7 Å². The molecule has 4 rings (SSSR count). The van der Waals surface area contributed by atoms with Crippen LogP contribution in [0.1, 0.15) is 52.6 Å². The monoisotopic (exact) mass is 473 g/mol. The maximum atomic E-state index is 5.82. The van der Waals surface area contributed by atoms with E-state index in [0.717, 1.165) is 34.4 Å². The first-order valence-electron chi connectivity index (χ1n) is 12.3. The van der Waals surface area contributed by atoms with Gasteiger partial charge in [-0.05, 0) is 51.8 Å². The zero-order chi connectivity index (χ0) is 24.8. The van der Waals surface area contributed by atoms with Gasteiger partial charge in [-0.1, -0.05) is 37.3 Å². The summed E-state index contributed by atoms with van der Waals surface area (Å²) in [5.41, 5.74) is 4.78. The third kappa shape index (κ3) is 6.14. The molecule has 0 spiro atoms. The van der Waals surface area contributed by atoms with Crippen molar-refractivity contribution in [3.63, 3.8) is 0 Å². The number of pyridine rings is 1. The molecule has 184 valence electrons. The zero-order valence-electron chi connectivity index (χ0n) is 21.2. The lowest BCUT2D eigenvalue weighted by molar-refractivity contribution is 0.0710. The van der Waals surface area contributed by atoms with Gasteiger partial charge in [-0.3, -0.25) is 4.98 Å². The SMILES string of the molecule is CCC(COC(C)C)Nc1nc(NCc2ccc(-c3ccccn3)cc2)c2ncn(C(C)C)c2n1. The van der Waals surface area contributed by atoms with Gasteiger partial charge in [-0.2, -0.15) is 9.97 Å². The first kappa shape index (κ1) is 24.6. The molecule has 0 aliphatic carbocycles. The summed E-state index contributed by atoms with van der Waals surface area (Å²) < 4.78 is 7.89. The summed E-state index contributed by atoms with van der Waals surface area (Å²) in [5, 5.41) is 6.94. The van der Waals surface area contributed by atoms with E-state index in [9.17, 15) is 0 Å². The number of ether oxygens (including phenoxy) is 1. The Balaban J connectivity index is 1.56. The lowest BCUT2D eigenvalue weighted by Gasteiger charge is -2.19. The van der Waals surface area contributed by atoms with Crippen LogP contribution in [0.4, 0.5) is 11.8 Å². The average Bonchev–Trinajstić information content (AvgIpc) is 3.30. The molecule has 0 fully saturated rings. The van der Waals surface area contributed by atoms with Crippen LogP contribution in [-0.2, 0) is 11.3 Å². The van der Waals surface area contributed by atoms with E-state index >= 15 is 0 Å². The molecule has 0 saturated carbocycles. The van der Waals surface area contributed by atoms with E-state index in [1.807, 2.05) is 44.6 Å². The van der Waals surface area contributed by atoms with Gasteiger partial charge in [-0.25, -0.2) is 4.98 Å². The van der Waals surface area contributed by atoms with Crippen molar-refractivity contribution in [2.24, 2.45) is 0 Å². The Kier molecular flexibility index (Phi) is 7.92. The van der Waals surface area contributed by atoms with Crippen LogP contribution in [0.5, 0.6) is 0 Å². The summed E-state index contributed by atoms with van der Waals surface area (Å²) in [6.45, 7) is 11.7. The van der Waals surface area contributed by atoms with Crippen LogP contribution < -0.4 is 10.6 Å². The Labute approximate surface area is 207 Å². The minimum Gasteiger partial charge on any atom is -0.377 e. The van der Waals surface area contributed by atoms with Crippen LogP contribution in [0.2, 0.25) is 0 Å². The molecule has 0 amide bonds. The van der Waals surface area contributed by atoms with Gasteiger partial charge >= 0.3 is 0 Å². The largest absolute Gasteiger partial charge is 0.377 e. The summed E-state index contributed by atoms with van der Waals surface area (Å²) in [5.74, 6) is 1.29. The molecule has 1 unspecified atom stereocenters. The molecule has 0 aliphatic heterocycles. The molecule has 1 aromatic carbocycles. The molecule has 8 nitrogen and oxygen atoms in total. The second kappa shape index (κ2) is 11.3. The van der Waals surface area contributed by atoms with Crippen LogP contribution in [0.3, 0.4) is 0 Å². The summed E-state index contributed by atoms with van der Waals surface area (Å²) in [6, 6.07) is 14.7. The second-order valence-electron chi connectivity index (χ2n) is 9.21. The fourth-order valence-corrected chi connectivity index (χ4v) is 3.75. The standard InChI is InChI=1S/C27H35N7O/c1-6-22(16-35-19(4)5)31-27-32-25(24-26(33-27)34(17-30-24)18(2)3)29-15-20-10-12-21(13-11-20)23-9-7-8-14-28-23/h7-14,17-19,22H,6,15-16H2,1-5H3,(H2,29,31,32,33). The van der Waals surface area contributed by atoms with E-state index in [1.165, 1.54) is 0 Å². The Morgan fingerprint density at radius 1 is 0.971 bits per heavy atom. The number of nitrogens with one attached hydrogen (secondary N) is 2. The van der Waals surface area contributed by atoms with E-state index < -0.39 is 0 Å². The molecule has 0 bridgehead atoms. The van der Waals surface area contributed by atoms with Crippen LogP contribution in [0.25, 0.3) is 22.4 Å². The Hall–Kier alpha value is -3.52. The number of aromatic nitrogens is 5. The average molecular weight is 474 g/mol. The smallest absolute Gasteiger partial charge is 0.227 e. The fraction of sp³-hybridized carbons (Fsp3) is 0.407. The number of benzene rings is 1. The van der Waals surface area contributed by atoms with Gasteiger partial charge in [0.05, 0.1) is 30.8 Å². The maximum Gasteiger partial charge on any atom is 0.227 e. The van der Waals surface area contributed by atoms with Gasteiger partial charge in [0.1, 0.15) is 0 Å². The second-order valence-corrected chi connectivity index (χ2v) is 9.21. The quantitative estimate of drug-likeness (QED) is 0.289. The number of hydrogen-bond donors (Lipinski definition) is 2. The first-order chi connectivity index (χ1) is 16.9. The molecule has 2 N–H and O–H groups in total. The highest BCUT2D eigenvalue weighted by Gasteiger charge is 2.17. The summed E-state index contributed by atoms with van der Waals surface area (Å²) in [6.07, 6.45) is 4.73. The van der Waals surface area contributed by atoms with Crippen molar-refractivity contribution in [2.45, 2.75) is 65.8 Å². The lowest BCUT2D eigenvalue weighted by Crippen LogP contribution is -2.27. The number of nitrogens with zero attached hydrogens (tertiary/aromatic N) is 5. The van der Waals surface area contributed by atoms with Gasteiger partial charge in [0, 0.05) is 24.3 Å². The molecule has 0 aliphatic rings. The highest BCUT2D eigenvalue weighted by Crippen LogP contribution is 2.25. The first-order valence-corrected chi connectivity index (χ1v) is 12.3. The number of imidazole rings is 1. The summed E-state index contributed by atoms with van der Waals surface area (Å²) >= 11 is 0. The molecule has 3 aromatic heterocycles. The van der Waals surface area contributed by atoms with Crippen molar-refractivity contribution in [1.82, 2.24) is 24.5 Å². The lowest BCUT2D eigenvalue weighted by atomic mass is 10.1. The van der Waals surface area contributed by atoms with E-state index in [-0.39, 0.29) is 18.2 Å². The summed E-state index contributed by atoms with van der Waals surface area (Å²) in [7, 11) is 0. The van der Waals surface area contributed by atoms with Gasteiger partial charge in [0.2, 0.25) is 5.95 Å². The van der Waals surface area contributed by atoms with Crippen molar-refractivity contribution in [2.75, 3.05) is 17.2 Å². The van der Waals surface area contributed by atoms with Crippen LogP contribution >= 0.6 is 0 Å². The molecule has 0 saturated heterocycles. The number of rotatable bonds is 11. The normalized spacial score (nSPS) is 12.4. The highest BCUT2D eigenvalue weighted by atomic mass is 16.5. The van der Waals surface area contributed by atoms with E-state index in [1.54, 1.807) is 0 Å². The minimum atomic E-state index is 0.122. The highest BCUT2D eigenvalue weighted by molar-refractivity contribution is 5.84. The Bertz CT molecular complexity index is 1220. The zero-order valence-corrected chi connectivity index (χ0v) is 21.2. The Morgan fingerprint density at radius 3 is 2.43 bits per heavy atom. The Morgan fingerprint density at radius 2 is 1.77 bits per heavy atom. The van der Waals surface area contributed by atoms with Crippen molar-refractivity contribution >= 4 is 22.9 Å². The van der Waals surface area contributed by atoms with E-state index in [0.29, 0.717) is 24.9 Å². The number of hydrogen-bond acceptors (Lipinski definition) is 7. The van der Waals surface area contributed by atoms with Gasteiger partial charge in [-0.15, -0.1) is 0 Å². The molecule has 3 heterocycles. The minimum absolute atomic E-state index is 0.122. The summed E-state index contributed by atoms with van der Waals surface area (Å²) in [4.78, 5) is 18.6. The molecule has 8 heteroatoms. The fourth-order valence-electron chi connectivity index (χ4n) is 3.75. The van der Waals surface area contributed by atoms with Crippen LogP contribution in [-0.4, -0.2) is 43.3 Å². The molecule has 1 atom stereocenters. The third-order valence-corrected chi connectivity index (χ3v) is 5.81. The number of fused-ring (bicyclic) bond motifs is 1. The third-order valence-electron chi connectivity index (χ3n) is 5.81. The predicted octanol–water partition coefficient (Wildman–Crippen LogP) is 5.70. The topological polar surface area (TPSA) is 89.8 Å². The van der Waals surface area contributed by atoms with Crippen molar-refractivity contribution in [3.8, 4) is 11.3 Å². The van der Waals surface area contributed by atoms with Gasteiger partial charge in [0.25, 0.3) is 0 Å². The predicted molar refractivity (Wildman–Crippen MR) is 141 cm³/mol. The van der Waals surface area contributed by atoms with Crippen molar-refractivity contribution < 1.29 is 4.74 Å². The van der Waals surface area contributed by atoms with Gasteiger partial charge in [0.15, 0.2) is 17.0 Å². The maximum absolute atomic E-state index is 5.82.